The standard InChI is InChI=1S/2C31H22.C27H20.2C21H16/c1-21-17-19-23(20-18-21)30-26-12-4-6-14-28(26)31(29-15-7-5-13-27(29)30)25-16-8-10-22-9-2-3-11-24(22)25;1-21-14-16-23(17-15-21)30-26-10-4-6-12-28(26)31(29-13-7-5-11-27(29)30)25-19-18-22-8-2-3-9-24(22)20-25;1-19-15-17-21(18-16-19)27-24-13-7-5-11-22(24)26(20-9-3-2-4-10-20)23-12-6-8-14-25(23)27;1-15-7-6-10-18(13-15)21-19-11-4-2-8-16(19)14-17-9-3-5-12-20(17)21;1-15-10-12-16(13-11-15)21-19-8-4-2-6-17(19)14-18-7-3-5-9-20(18)21/h2*2-20H,1H3;2-18H,1H3;2*2-14H,1H3. The van der Waals surface area contributed by atoms with Crippen LogP contribution in [-0.2, 0) is 0 Å². The van der Waals surface area contributed by atoms with Gasteiger partial charge in [-0.1, -0.05) is 501 Å². The van der Waals surface area contributed by atoms with Crippen LogP contribution in [0.4, 0.5) is 0 Å². The quantitative estimate of drug-likeness (QED) is 0.133. The average molecular weight is 1670 g/mol. The molecule has 0 nitrogen and oxygen atoms in total. The topological polar surface area (TPSA) is 0 Å². The van der Waals surface area contributed by atoms with Gasteiger partial charge in [0.05, 0.1) is 0 Å². The molecule has 0 heteroatoms. The number of fused-ring (bicyclic) bond motifs is 12. The highest BCUT2D eigenvalue weighted by atomic mass is 14.3. The molecule has 0 aliphatic heterocycles. The van der Waals surface area contributed by atoms with Gasteiger partial charge in [-0.15, -0.1) is 0 Å². The highest BCUT2D eigenvalue weighted by molar-refractivity contribution is 6.26. The Bertz CT molecular complexity index is 8300. The van der Waals surface area contributed by atoms with Crippen LogP contribution in [0.25, 0.3) is 218 Å². The van der Waals surface area contributed by atoms with Crippen molar-refractivity contribution in [2.75, 3.05) is 0 Å². The monoisotopic (exact) mass is 1670 g/mol. The Morgan fingerprint density at radius 3 is 0.649 bits per heavy atom. The van der Waals surface area contributed by atoms with E-state index in [0.717, 1.165) is 0 Å². The first-order valence-electron chi connectivity index (χ1n) is 45.6. The van der Waals surface area contributed by atoms with E-state index in [1.165, 1.54) is 246 Å². The normalized spacial score (nSPS) is 11.2. The molecule has 25 aromatic rings. The number of hydrogen-bond acceptors (Lipinski definition) is 0. The third-order valence-corrected chi connectivity index (χ3v) is 26.2. The molecule has 0 aliphatic carbocycles. The summed E-state index contributed by atoms with van der Waals surface area (Å²) in [6, 6.07) is 178. The molecule has 0 saturated heterocycles. The summed E-state index contributed by atoms with van der Waals surface area (Å²) in [6.07, 6.45) is 0. The van der Waals surface area contributed by atoms with Crippen molar-refractivity contribution in [2.45, 2.75) is 34.6 Å². The Labute approximate surface area is 766 Å². The van der Waals surface area contributed by atoms with Gasteiger partial charge in [0.2, 0.25) is 0 Å². The summed E-state index contributed by atoms with van der Waals surface area (Å²) in [5, 5.41) is 31.2. The number of hydrogen-bond donors (Lipinski definition) is 0. The van der Waals surface area contributed by atoms with Crippen molar-refractivity contribution in [2.24, 2.45) is 0 Å². The van der Waals surface area contributed by atoms with Crippen LogP contribution >= 0.6 is 0 Å². The first-order valence-corrected chi connectivity index (χ1v) is 45.6. The molecule has 0 atom stereocenters. The first kappa shape index (κ1) is 81.6. The van der Waals surface area contributed by atoms with Gasteiger partial charge in [-0.05, 0) is 271 Å². The molecule has 0 bridgehead atoms. The molecule has 0 fully saturated rings. The molecule has 0 radical (unpaired) electrons. The van der Waals surface area contributed by atoms with E-state index in [0.29, 0.717) is 0 Å². The van der Waals surface area contributed by atoms with Gasteiger partial charge in [0.15, 0.2) is 0 Å². The molecule has 0 spiro atoms. The predicted octanol–water partition coefficient (Wildman–Crippen LogP) is 37.1. The summed E-state index contributed by atoms with van der Waals surface area (Å²) >= 11 is 0. The van der Waals surface area contributed by atoms with Gasteiger partial charge >= 0.3 is 0 Å². The van der Waals surface area contributed by atoms with E-state index in [2.05, 4.69) is 526 Å². The average Bonchev–Trinajstić information content (AvgIpc) is 0.735. The third-order valence-electron chi connectivity index (χ3n) is 26.2. The summed E-state index contributed by atoms with van der Waals surface area (Å²) in [5.41, 5.74) is 27.2. The molecule has 0 unspecified atom stereocenters. The van der Waals surface area contributed by atoms with Crippen LogP contribution < -0.4 is 0 Å². The molecule has 131 heavy (non-hydrogen) atoms. The molecular weight excluding hydrogens is 1570 g/mol. The van der Waals surface area contributed by atoms with Crippen molar-refractivity contribution in [1.29, 1.82) is 0 Å². The molecule has 620 valence electrons. The maximum absolute atomic E-state index is 2.33. The van der Waals surface area contributed by atoms with Crippen LogP contribution in [0.5, 0.6) is 0 Å². The third kappa shape index (κ3) is 16.1. The maximum Gasteiger partial charge on any atom is -0.00201 e. The molecule has 25 aromatic carbocycles. The minimum atomic E-state index is 1.26. The molecule has 0 heterocycles. The van der Waals surface area contributed by atoms with Gasteiger partial charge in [-0.2, -0.15) is 0 Å². The Balaban J connectivity index is 0.0000000998. The second-order valence-corrected chi connectivity index (χ2v) is 34.7. The van der Waals surface area contributed by atoms with Crippen LogP contribution in [0.3, 0.4) is 0 Å². The second-order valence-electron chi connectivity index (χ2n) is 34.7. The van der Waals surface area contributed by atoms with Crippen LogP contribution in [0.2, 0.25) is 0 Å². The van der Waals surface area contributed by atoms with E-state index < -0.39 is 0 Å². The Hall–Kier alpha value is -16.4. The summed E-state index contributed by atoms with van der Waals surface area (Å²) < 4.78 is 0. The van der Waals surface area contributed by atoms with E-state index in [1.54, 1.807) is 0 Å². The van der Waals surface area contributed by atoms with Gasteiger partial charge < -0.3 is 0 Å². The number of rotatable bonds is 8. The first-order chi connectivity index (χ1) is 64.6. The molecule has 0 amide bonds. The minimum Gasteiger partial charge on any atom is -0.0622 e. The van der Waals surface area contributed by atoms with E-state index in [9.17, 15) is 0 Å². The zero-order valence-electron chi connectivity index (χ0n) is 74.3. The zero-order chi connectivity index (χ0) is 88.3. The SMILES string of the molecule is Cc1ccc(-c2c3ccccc3c(-c3ccc4ccccc4c3)c3ccccc23)cc1.Cc1ccc(-c2c3ccccc3c(-c3cccc4ccccc34)c3ccccc23)cc1.Cc1ccc(-c2c3ccccc3c(-c3ccccc3)c3ccccc23)cc1.Cc1ccc(-c2c3ccccc3cc3ccccc23)cc1.Cc1cccc(-c2c3ccccc3cc3ccccc23)c1. The smallest absolute Gasteiger partial charge is 0.00201 e. The zero-order valence-corrected chi connectivity index (χ0v) is 74.3. The summed E-state index contributed by atoms with van der Waals surface area (Å²) in [7, 11) is 0. The molecular formula is C131H96. The Kier molecular flexibility index (Phi) is 22.5. The fourth-order valence-electron chi connectivity index (χ4n) is 20.0. The van der Waals surface area contributed by atoms with Crippen molar-refractivity contribution in [3.63, 3.8) is 0 Å². The van der Waals surface area contributed by atoms with E-state index in [4.69, 9.17) is 0 Å². The molecule has 0 aliphatic rings. The second kappa shape index (κ2) is 36.2. The molecule has 0 aromatic heterocycles. The highest BCUT2D eigenvalue weighted by Gasteiger charge is 2.22. The van der Waals surface area contributed by atoms with Crippen LogP contribution in [0, 0.1) is 34.6 Å². The van der Waals surface area contributed by atoms with E-state index in [1.807, 2.05) is 0 Å². The fraction of sp³-hybridized carbons (Fsp3) is 0.0382. The maximum atomic E-state index is 2.33. The molecule has 0 N–H and O–H groups in total. The number of aryl methyl sites for hydroxylation is 5. The van der Waals surface area contributed by atoms with Gasteiger partial charge in [-0.25, -0.2) is 0 Å². The fourth-order valence-corrected chi connectivity index (χ4v) is 20.0. The van der Waals surface area contributed by atoms with Gasteiger partial charge in [-0.3, -0.25) is 0 Å². The van der Waals surface area contributed by atoms with Crippen LogP contribution in [0.15, 0.2) is 491 Å². The lowest BCUT2D eigenvalue weighted by molar-refractivity contribution is 1.47. The summed E-state index contributed by atoms with van der Waals surface area (Å²) in [6.45, 7) is 10.7. The van der Waals surface area contributed by atoms with E-state index >= 15 is 0 Å². The van der Waals surface area contributed by atoms with Crippen molar-refractivity contribution in [3.8, 4) is 89.0 Å². The lowest BCUT2D eigenvalue weighted by Crippen LogP contribution is -1.91. The Morgan fingerprint density at radius 2 is 0.313 bits per heavy atom. The Morgan fingerprint density at radius 1 is 0.0992 bits per heavy atom. The van der Waals surface area contributed by atoms with Crippen molar-refractivity contribution >= 4 is 129 Å². The molecule has 25 rings (SSSR count). The number of benzene rings is 25. The van der Waals surface area contributed by atoms with Crippen molar-refractivity contribution in [1.82, 2.24) is 0 Å². The van der Waals surface area contributed by atoms with Gasteiger partial charge in [0.1, 0.15) is 0 Å². The van der Waals surface area contributed by atoms with Crippen LogP contribution in [-0.4, -0.2) is 0 Å². The summed E-state index contributed by atoms with van der Waals surface area (Å²) in [5.74, 6) is 0. The van der Waals surface area contributed by atoms with Crippen molar-refractivity contribution in [3.05, 3.63) is 519 Å². The lowest BCUT2D eigenvalue weighted by Gasteiger charge is -2.18. The molecule has 0 saturated carbocycles. The predicted molar refractivity (Wildman–Crippen MR) is 569 cm³/mol. The lowest BCUT2D eigenvalue weighted by atomic mass is 9.84. The van der Waals surface area contributed by atoms with Gasteiger partial charge in [0, 0.05) is 0 Å². The van der Waals surface area contributed by atoms with Crippen molar-refractivity contribution < 1.29 is 0 Å². The van der Waals surface area contributed by atoms with Crippen LogP contribution in [0.1, 0.15) is 27.8 Å². The highest BCUT2D eigenvalue weighted by Crippen LogP contribution is 2.50. The van der Waals surface area contributed by atoms with Gasteiger partial charge in [0.25, 0.3) is 0 Å². The minimum absolute atomic E-state index is 1.26. The summed E-state index contributed by atoms with van der Waals surface area (Å²) in [4.78, 5) is 0. The largest absolute Gasteiger partial charge is 0.0622 e. The van der Waals surface area contributed by atoms with E-state index in [-0.39, 0.29) is 0 Å².